The predicted octanol–water partition coefficient (Wildman–Crippen LogP) is 3.46. The van der Waals surface area contributed by atoms with Crippen LogP contribution in [0, 0.1) is 0 Å². The number of benzene rings is 2. The molecule has 0 aliphatic rings. The maximum atomic E-state index is 12.7. The molecule has 0 aromatic heterocycles. The van der Waals surface area contributed by atoms with Crippen LogP contribution in [0.15, 0.2) is 47.4 Å². The third-order valence-electron chi connectivity index (χ3n) is 3.45. The van der Waals surface area contributed by atoms with Gasteiger partial charge in [0.1, 0.15) is 0 Å². The second kappa shape index (κ2) is 9.27. The van der Waals surface area contributed by atoms with Gasteiger partial charge >= 0.3 is 5.97 Å². The van der Waals surface area contributed by atoms with Crippen molar-refractivity contribution in [2.24, 2.45) is 0 Å². The highest BCUT2D eigenvalue weighted by Crippen LogP contribution is 2.31. The Morgan fingerprint density at radius 1 is 0.926 bits per heavy atom. The molecule has 0 amide bonds. The van der Waals surface area contributed by atoms with E-state index in [0.717, 1.165) is 0 Å². The molecule has 0 atom stereocenters. The fraction of sp³-hybridized carbons (Fsp3) is 0.316. The standard InChI is InChI=1S/C19H23NO6S/c1-4-24-17-11-10-16(13-18(17)25-5-2)27(22,23)20-15-9-7-8-14(12-15)19(21)26-6-3/h7-13,20H,4-6H2,1-3H3. The molecule has 146 valence electrons. The van der Waals surface area contributed by atoms with E-state index in [9.17, 15) is 13.2 Å². The van der Waals surface area contributed by atoms with Crippen LogP contribution in [0.1, 0.15) is 31.1 Å². The van der Waals surface area contributed by atoms with Gasteiger partial charge in [0.15, 0.2) is 11.5 Å². The van der Waals surface area contributed by atoms with Gasteiger partial charge in [0.25, 0.3) is 10.0 Å². The van der Waals surface area contributed by atoms with Gasteiger partial charge in [-0.2, -0.15) is 0 Å². The monoisotopic (exact) mass is 393 g/mol. The SMILES string of the molecule is CCOC(=O)c1cccc(NS(=O)(=O)c2ccc(OCC)c(OCC)c2)c1. The summed E-state index contributed by atoms with van der Waals surface area (Å²) >= 11 is 0. The third kappa shape index (κ3) is 5.37. The van der Waals surface area contributed by atoms with Crippen molar-refractivity contribution in [1.82, 2.24) is 0 Å². The Morgan fingerprint density at radius 3 is 2.30 bits per heavy atom. The fourth-order valence-electron chi connectivity index (χ4n) is 2.34. The van der Waals surface area contributed by atoms with E-state index in [-0.39, 0.29) is 22.8 Å². The topological polar surface area (TPSA) is 90.9 Å². The molecule has 2 aromatic carbocycles. The van der Waals surface area contributed by atoms with Crippen molar-refractivity contribution >= 4 is 21.7 Å². The van der Waals surface area contributed by atoms with Crippen LogP contribution in [0.25, 0.3) is 0 Å². The van der Waals surface area contributed by atoms with Gasteiger partial charge in [0, 0.05) is 11.8 Å². The fourth-order valence-corrected chi connectivity index (χ4v) is 3.40. The van der Waals surface area contributed by atoms with E-state index in [4.69, 9.17) is 14.2 Å². The van der Waals surface area contributed by atoms with Gasteiger partial charge in [-0.05, 0) is 51.1 Å². The summed E-state index contributed by atoms with van der Waals surface area (Å²) in [6.07, 6.45) is 0. The lowest BCUT2D eigenvalue weighted by Gasteiger charge is -2.14. The van der Waals surface area contributed by atoms with E-state index in [2.05, 4.69) is 4.72 Å². The van der Waals surface area contributed by atoms with E-state index >= 15 is 0 Å². The molecule has 0 aliphatic carbocycles. The number of anilines is 1. The molecule has 0 spiro atoms. The number of ether oxygens (including phenoxy) is 3. The average Bonchev–Trinajstić information content (AvgIpc) is 2.63. The Hall–Kier alpha value is -2.74. The molecule has 0 radical (unpaired) electrons. The summed E-state index contributed by atoms with van der Waals surface area (Å²) in [4.78, 5) is 11.8. The minimum atomic E-state index is -3.88. The molecular weight excluding hydrogens is 370 g/mol. The average molecular weight is 393 g/mol. The number of carbonyl (C=O) groups is 1. The van der Waals surface area contributed by atoms with E-state index in [1.807, 2.05) is 6.92 Å². The van der Waals surface area contributed by atoms with Crippen molar-refractivity contribution in [3.05, 3.63) is 48.0 Å². The zero-order valence-corrected chi connectivity index (χ0v) is 16.3. The normalized spacial score (nSPS) is 10.9. The summed E-state index contributed by atoms with van der Waals surface area (Å²) in [6.45, 7) is 6.38. The van der Waals surface area contributed by atoms with E-state index < -0.39 is 16.0 Å². The highest BCUT2D eigenvalue weighted by atomic mass is 32.2. The molecular formula is C19H23NO6S. The molecule has 0 aliphatic heterocycles. The van der Waals surface area contributed by atoms with Crippen molar-refractivity contribution in [2.75, 3.05) is 24.5 Å². The van der Waals surface area contributed by atoms with Crippen molar-refractivity contribution in [3.8, 4) is 11.5 Å². The van der Waals surface area contributed by atoms with Gasteiger partial charge in [-0.3, -0.25) is 4.72 Å². The number of carbonyl (C=O) groups excluding carboxylic acids is 1. The van der Waals surface area contributed by atoms with Gasteiger partial charge < -0.3 is 14.2 Å². The van der Waals surface area contributed by atoms with Crippen LogP contribution in [0.2, 0.25) is 0 Å². The molecule has 0 saturated carbocycles. The molecule has 7 nitrogen and oxygen atoms in total. The first kappa shape index (κ1) is 20.6. The van der Waals surface area contributed by atoms with Crippen molar-refractivity contribution in [2.45, 2.75) is 25.7 Å². The van der Waals surface area contributed by atoms with Gasteiger partial charge in [-0.15, -0.1) is 0 Å². The molecule has 27 heavy (non-hydrogen) atoms. The zero-order chi connectivity index (χ0) is 19.9. The van der Waals surface area contributed by atoms with Crippen LogP contribution in [-0.4, -0.2) is 34.2 Å². The van der Waals surface area contributed by atoms with Gasteiger partial charge in [-0.1, -0.05) is 6.07 Å². The maximum absolute atomic E-state index is 12.7. The Bertz CT molecular complexity index is 895. The Morgan fingerprint density at radius 2 is 1.63 bits per heavy atom. The molecule has 2 aromatic rings. The number of hydrogen-bond donors (Lipinski definition) is 1. The first-order valence-electron chi connectivity index (χ1n) is 8.60. The van der Waals surface area contributed by atoms with Crippen LogP contribution in [0.5, 0.6) is 11.5 Å². The van der Waals surface area contributed by atoms with Crippen LogP contribution >= 0.6 is 0 Å². The smallest absolute Gasteiger partial charge is 0.338 e. The molecule has 0 unspecified atom stereocenters. The highest BCUT2D eigenvalue weighted by molar-refractivity contribution is 7.92. The minimum Gasteiger partial charge on any atom is -0.490 e. The van der Waals surface area contributed by atoms with Crippen molar-refractivity contribution < 1.29 is 27.4 Å². The van der Waals surface area contributed by atoms with Crippen LogP contribution in [-0.2, 0) is 14.8 Å². The lowest BCUT2D eigenvalue weighted by Crippen LogP contribution is -2.14. The van der Waals surface area contributed by atoms with Gasteiger partial charge in [0.05, 0.1) is 30.3 Å². The highest BCUT2D eigenvalue weighted by Gasteiger charge is 2.18. The van der Waals surface area contributed by atoms with E-state index in [1.54, 1.807) is 38.1 Å². The summed E-state index contributed by atoms with van der Waals surface area (Å²) in [7, 11) is -3.88. The maximum Gasteiger partial charge on any atom is 0.338 e. The first-order chi connectivity index (χ1) is 12.9. The van der Waals surface area contributed by atoms with Crippen molar-refractivity contribution in [1.29, 1.82) is 0 Å². The molecule has 0 saturated heterocycles. The molecule has 0 fully saturated rings. The van der Waals surface area contributed by atoms with Crippen LogP contribution < -0.4 is 14.2 Å². The quantitative estimate of drug-likeness (QED) is 0.656. The summed E-state index contributed by atoms with van der Waals surface area (Å²) in [6, 6.07) is 10.5. The Balaban J connectivity index is 2.30. The van der Waals surface area contributed by atoms with Crippen LogP contribution in [0.3, 0.4) is 0 Å². The number of nitrogens with one attached hydrogen (secondary N) is 1. The Labute approximate surface area is 159 Å². The summed E-state index contributed by atoms with van der Waals surface area (Å²) in [5.74, 6) is 0.309. The second-order valence-electron chi connectivity index (χ2n) is 5.38. The minimum absolute atomic E-state index is 0.0240. The Kier molecular flexibility index (Phi) is 7.06. The van der Waals surface area contributed by atoms with Gasteiger partial charge in [0.2, 0.25) is 0 Å². The predicted molar refractivity (Wildman–Crippen MR) is 102 cm³/mol. The molecule has 0 heterocycles. The van der Waals surface area contributed by atoms with Gasteiger partial charge in [-0.25, -0.2) is 13.2 Å². The van der Waals surface area contributed by atoms with Crippen LogP contribution in [0.4, 0.5) is 5.69 Å². The third-order valence-corrected chi connectivity index (χ3v) is 4.83. The zero-order valence-electron chi connectivity index (χ0n) is 15.5. The summed E-state index contributed by atoms with van der Waals surface area (Å²) in [5, 5.41) is 0. The number of hydrogen-bond acceptors (Lipinski definition) is 6. The summed E-state index contributed by atoms with van der Waals surface area (Å²) in [5.41, 5.74) is 0.520. The largest absolute Gasteiger partial charge is 0.490 e. The second-order valence-corrected chi connectivity index (χ2v) is 7.06. The van der Waals surface area contributed by atoms with E-state index in [0.29, 0.717) is 24.7 Å². The molecule has 8 heteroatoms. The molecule has 1 N–H and O–H groups in total. The first-order valence-corrected chi connectivity index (χ1v) is 10.1. The lowest BCUT2D eigenvalue weighted by atomic mass is 10.2. The molecule has 2 rings (SSSR count). The van der Waals surface area contributed by atoms with E-state index in [1.165, 1.54) is 18.2 Å². The lowest BCUT2D eigenvalue weighted by molar-refractivity contribution is 0.0526. The number of esters is 1. The molecule has 0 bridgehead atoms. The number of rotatable bonds is 9. The summed E-state index contributed by atoms with van der Waals surface area (Å²) < 4.78 is 43.7. The van der Waals surface area contributed by atoms with Crippen molar-refractivity contribution in [3.63, 3.8) is 0 Å². The number of sulfonamides is 1.